The van der Waals surface area contributed by atoms with Crippen LogP contribution < -0.4 is 10.9 Å². The van der Waals surface area contributed by atoms with E-state index in [4.69, 9.17) is 17.5 Å². The van der Waals surface area contributed by atoms with Gasteiger partial charge in [-0.25, -0.2) is 14.2 Å². The monoisotopic (exact) mass is 476 g/mol. The number of carbonyl (C=O) groups excluding carboxylic acids is 1. The van der Waals surface area contributed by atoms with Crippen LogP contribution in [0.3, 0.4) is 0 Å². The number of nitrogens with zero attached hydrogens (tertiary/aromatic N) is 2. The van der Waals surface area contributed by atoms with Crippen molar-refractivity contribution in [3.63, 3.8) is 0 Å². The van der Waals surface area contributed by atoms with Gasteiger partial charge < -0.3 is 0 Å². The van der Waals surface area contributed by atoms with Crippen LogP contribution in [-0.2, 0) is 10.4 Å². The van der Waals surface area contributed by atoms with E-state index < -0.39 is 16.3 Å². The molecule has 3 aromatic rings. The summed E-state index contributed by atoms with van der Waals surface area (Å²) >= 11 is 0. The Morgan fingerprint density at radius 3 is 1.79 bits per heavy atom. The number of hydrazone groups is 2. The molecular formula is C21H18F2N4O5S. The molecule has 0 bridgehead atoms. The third-order valence-corrected chi connectivity index (χ3v) is 3.63. The molecule has 0 unspecified atom stereocenters. The van der Waals surface area contributed by atoms with Crippen molar-refractivity contribution >= 4 is 34.4 Å². The molecule has 0 atom stereocenters. The minimum absolute atomic E-state index is 0.334. The lowest BCUT2D eigenvalue weighted by molar-refractivity contribution is 0.0955. The van der Waals surface area contributed by atoms with Gasteiger partial charge in [-0.3, -0.25) is 19.3 Å². The molecule has 172 valence electrons. The number of hydrogen-bond donors (Lipinski definition) is 4. The second-order valence-electron chi connectivity index (χ2n) is 6.20. The molecule has 0 aliphatic carbocycles. The highest BCUT2D eigenvalue weighted by Gasteiger charge is 2.03. The molecule has 3 aromatic carbocycles. The van der Waals surface area contributed by atoms with Crippen LogP contribution in [0.5, 0.6) is 0 Å². The SMILES string of the molecule is O=C(NN=Cc1cccc(F)c1)c1ccc(NN=Cc2cccc(F)c2)cc1.O=S(=O)(O)O. The fourth-order valence-electron chi connectivity index (χ4n) is 2.28. The van der Waals surface area contributed by atoms with Crippen LogP contribution in [0.25, 0.3) is 0 Å². The third kappa shape index (κ3) is 10.7. The largest absolute Gasteiger partial charge is 0.394 e. The molecule has 0 heterocycles. The lowest BCUT2D eigenvalue weighted by Crippen LogP contribution is -2.17. The van der Waals surface area contributed by atoms with Crippen LogP contribution in [0.1, 0.15) is 21.5 Å². The summed E-state index contributed by atoms with van der Waals surface area (Å²) in [6.45, 7) is 0. The van der Waals surface area contributed by atoms with Gasteiger partial charge in [-0.05, 0) is 59.7 Å². The van der Waals surface area contributed by atoms with Crippen molar-refractivity contribution < 1.29 is 31.1 Å². The highest BCUT2D eigenvalue weighted by molar-refractivity contribution is 7.79. The second kappa shape index (κ2) is 12.1. The molecule has 12 heteroatoms. The number of hydrogen-bond acceptors (Lipinski definition) is 6. The lowest BCUT2D eigenvalue weighted by atomic mass is 10.2. The molecule has 4 N–H and O–H groups in total. The van der Waals surface area contributed by atoms with Crippen LogP contribution in [0.2, 0.25) is 0 Å². The number of anilines is 1. The van der Waals surface area contributed by atoms with Crippen molar-refractivity contribution in [1.29, 1.82) is 0 Å². The molecule has 33 heavy (non-hydrogen) atoms. The number of carbonyl (C=O) groups is 1. The molecule has 0 aliphatic heterocycles. The van der Waals surface area contributed by atoms with E-state index in [-0.39, 0.29) is 11.6 Å². The first-order valence-corrected chi connectivity index (χ1v) is 10.4. The Balaban J connectivity index is 0.000000696. The van der Waals surface area contributed by atoms with Crippen LogP contribution >= 0.6 is 0 Å². The number of amides is 1. The first-order valence-electron chi connectivity index (χ1n) is 9.04. The van der Waals surface area contributed by atoms with Crippen molar-refractivity contribution in [1.82, 2.24) is 5.43 Å². The third-order valence-electron chi connectivity index (χ3n) is 3.63. The van der Waals surface area contributed by atoms with Gasteiger partial charge in [0.2, 0.25) is 0 Å². The summed E-state index contributed by atoms with van der Waals surface area (Å²) in [5.74, 6) is -1.11. The van der Waals surface area contributed by atoms with Gasteiger partial charge in [-0.2, -0.15) is 18.6 Å². The summed E-state index contributed by atoms with van der Waals surface area (Å²) in [6, 6.07) is 18.5. The van der Waals surface area contributed by atoms with Crippen LogP contribution in [-0.4, -0.2) is 35.9 Å². The Morgan fingerprint density at radius 1 is 0.818 bits per heavy atom. The zero-order chi connectivity index (χ0) is 24.3. The predicted octanol–water partition coefficient (Wildman–Crippen LogP) is 3.52. The normalized spacial score (nSPS) is 11.2. The van der Waals surface area contributed by atoms with Gasteiger partial charge in [0.15, 0.2) is 0 Å². The van der Waals surface area contributed by atoms with E-state index in [1.54, 1.807) is 48.5 Å². The summed E-state index contributed by atoms with van der Waals surface area (Å²) in [5, 5.41) is 7.83. The van der Waals surface area contributed by atoms with Gasteiger partial charge in [-0.1, -0.05) is 24.3 Å². The van der Waals surface area contributed by atoms with E-state index in [1.165, 1.54) is 36.7 Å². The van der Waals surface area contributed by atoms with Crippen LogP contribution in [0.15, 0.2) is 83.0 Å². The van der Waals surface area contributed by atoms with E-state index in [2.05, 4.69) is 21.1 Å². The molecule has 9 nitrogen and oxygen atoms in total. The zero-order valence-electron chi connectivity index (χ0n) is 16.8. The van der Waals surface area contributed by atoms with Gasteiger partial charge in [0, 0.05) is 5.56 Å². The van der Waals surface area contributed by atoms with Gasteiger partial charge in [-0.15, -0.1) is 0 Å². The van der Waals surface area contributed by atoms with Crippen molar-refractivity contribution in [2.45, 2.75) is 0 Å². The lowest BCUT2D eigenvalue weighted by Gasteiger charge is -2.03. The predicted molar refractivity (Wildman–Crippen MR) is 120 cm³/mol. The summed E-state index contributed by atoms with van der Waals surface area (Å²) in [6.07, 6.45) is 2.85. The average Bonchev–Trinajstić information content (AvgIpc) is 2.73. The molecule has 0 spiro atoms. The summed E-state index contributed by atoms with van der Waals surface area (Å²) in [7, 11) is -4.67. The minimum atomic E-state index is -4.67. The van der Waals surface area contributed by atoms with E-state index in [0.717, 1.165) is 0 Å². The highest BCUT2D eigenvalue weighted by Crippen LogP contribution is 2.10. The van der Waals surface area contributed by atoms with E-state index >= 15 is 0 Å². The Labute approximate surface area is 188 Å². The molecule has 0 fully saturated rings. The molecule has 0 saturated heterocycles. The fourth-order valence-corrected chi connectivity index (χ4v) is 2.28. The average molecular weight is 476 g/mol. The molecule has 0 aliphatic rings. The van der Waals surface area contributed by atoms with Gasteiger partial charge in [0.1, 0.15) is 11.6 Å². The Morgan fingerprint density at radius 2 is 1.30 bits per heavy atom. The summed E-state index contributed by atoms with van der Waals surface area (Å²) < 4.78 is 57.8. The second-order valence-corrected chi connectivity index (χ2v) is 7.10. The number of rotatable bonds is 6. The maximum absolute atomic E-state index is 13.1. The molecule has 3 rings (SSSR count). The van der Waals surface area contributed by atoms with E-state index in [0.29, 0.717) is 22.4 Å². The smallest absolute Gasteiger partial charge is 0.279 e. The first kappa shape index (κ1) is 25.3. The minimum Gasteiger partial charge on any atom is -0.279 e. The molecule has 0 aromatic heterocycles. The Hall–Kier alpha value is -4.00. The maximum Gasteiger partial charge on any atom is 0.394 e. The molecule has 0 radical (unpaired) electrons. The van der Waals surface area contributed by atoms with Gasteiger partial charge in [0.05, 0.1) is 18.1 Å². The van der Waals surface area contributed by atoms with Gasteiger partial charge >= 0.3 is 10.4 Å². The molecule has 0 saturated carbocycles. The van der Waals surface area contributed by atoms with Crippen molar-refractivity contribution in [3.05, 3.63) is 101 Å². The maximum atomic E-state index is 13.1. The topological polar surface area (TPSA) is 140 Å². The van der Waals surface area contributed by atoms with E-state index in [1.807, 2.05) is 0 Å². The van der Waals surface area contributed by atoms with Crippen LogP contribution in [0, 0.1) is 11.6 Å². The van der Waals surface area contributed by atoms with Gasteiger partial charge in [0.25, 0.3) is 5.91 Å². The zero-order valence-corrected chi connectivity index (χ0v) is 17.6. The van der Waals surface area contributed by atoms with E-state index in [9.17, 15) is 13.6 Å². The van der Waals surface area contributed by atoms with Crippen molar-refractivity contribution in [2.24, 2.45) is 10.2 Å². The first-order chi connectivity index (χ1) is 15.6. The van der Waals surface area contributed by atoms with Crippen LogP contribution in [0.4, 0.5) is 14.5 Å². The molecule has 1 amide bonds. The molecular weight excluding hydrogens is 458 g/mol. The number of nitrogens with one attached hydrogen (secondary N) is 2. The fraction of sp³-hybridized carbons (Fsp3) is 0. The number of benzene rings is 3. The Kier molecular flexibility index (Phi) is 9.30. The Bertz CT molecular complexity index is 1240. The summed E-state index contributed by atoms with van der Waals surface area (Å²) in [5.41, 5.74) is 7.40. The van der Waals surface area contributed by atoms with Crippen molar-refractivity contribution in [3.8, 4) is 0 Å². The quantitative estimate of drug-likeness (QED) is 0.244. The number of halogens is 2. The summed E-state index contributed by atoms with van der Waals surface area (Å²) in [4.78, 5) is 12.1. The highest BCUT2D eigenvalue weighted by atomic mass is 32.3. The standard InChI is InChI=1S/C21H16F2N4O.H2O4S/c22-18-5-1-3-15(11-18)13-24-26-20-9-7-17(8-10-20)21(28)27-25-14-16-4-2-6-19(23)12-16;1-5(2,3)4/h1-14,26H,(H,27,28);(H2,1,2,3,4). The van der Waals surface area contributed by atoms with Crippen molar-refractivity contribution in [2.75, 3.05) is 5.43 Å².